The van der Waals surface area contributed by atoms with Crippen LogP contribution >= 0.6 is 0 Å². The van der Waals surface area contributed by atoms with E-state index in [9.17, 15) is 9.59 Å². The standard InChI is InChI=1S/C12H20N2O4/c15-11(9-13-5-7-18-8-6-13)14-4-2-1-3-10(14)12(16)17/h10H,1-9H2,(H,16,17). The van der Waals surface area contributed by atoms with E-state index in [-0.39, 0.29) is 5.91 Å². The largest absolute Gasteiger partial charge is 0.480 e. The average Bonchev–Trinajstić information content (AvgIpc) is 2.40. The van der Waals surface area contributed by atoms with E-state index in [1.165, 1.54) is 4.90 Å². The van der Waals surface area contributed by atoms with E-state index < -0.39 is 12.0 Å². The van der Waals surface area contributed by atoms with Crippen LogP contribution in [0.3, 0.4) is 0 Å². The third-order valence-corrected chi connectivity index (χ3v) is 3.57. The maximum Gasteiger partial charge on any atom is 0.326 e. The van der Waals surface area contributed by atoms with E-state index in [2.05, 4.69) is 0 Å². The Bertz CT molecular complexity index is 315. The Labute approximate surface area is 106 Å². The zero-order valence-electron chi connectivity index (χ0n) is 10.5. The quantitative estimate of drug-likeness (QED) is 0.756. The number of carbonyl (C=O) groups excluding carboxylic acids is 1. The molecule has 2 rings (SSSR count). The van der Waals surface area contributed by atoms with Crippen LogP contribution in [0.15, 0.2) is 0 Å². The fourth-order valence-electron chi connectivity index (χ4n) is 2.53. The lowest BCUT2D eigenvalue weighted by atomic mass is 10.0. The molecule has 1 amide bonds. The Morgan fingerprint density at radius 3 is 2.56 bits per heavy atom. The molecule has 2 aliphatic heterocycles. The van der Waals surface area contributed by atoms with E-state index in [4.69, 9.17) is 9.84 Å². The molecular formula is C12H20N2O4. The van der Waals surface area contributed by atoms with Crippen molar-refractivity contribution in [2.24, 2.45) is 0 Å². The Hall–Kier alpha value is -1.14. The lowest BCUT2D eigenvalue weighted by molar-refractivity contribution is -0.152. The molecule has 0 bridgehead atoms. The second-order valence-corrected chi connectivity index (χ2v) is 4.83. The number of carbonyl (C=O) groups is 2. The number of likely N-dealkylation sites (tertiary alicyclic amines) is 1. The van der Waals surface area contributed by atoms with Crippen LogP contribution in [0.1, 0.15) is 19.3 Å². The minimum absolute atomic E-state index is 0.0657. The number of amides is 1. The van der Waals surface area contributed by atoms with Gasteiger partial charge in [0.1, 0.15) is 6.04 Å². The minimum atomic E-state index is -0.884. The van der Waals surface area contributed by atoms with Gasteiger partial charge in [-0.25, -0.2) is 4.79 Å². The van der Waals surface area contributed by atoms with Crippen molar-refractivity contribution >= 4 is 11.9 Å². The second-order valence-electron chi connectivity index (χ2n) is 4.83. The molecule has 0 spiro atoms. The van der Waals surface area contributed by atoms with Gasteiger partial charge >= 0.3 is 5.97 Å². The predicted octanol–water partition coefficient (Wildman–Crippen LogP) is -0.216. The van der Waals surface area contributed by atoms with Gasteiger partial charge < -0.3 is 14.7 Å². The number of morpholine rings is 1. The van der Waals surface area contributed by atoms with Crippen molar-refractivity contribution in [2.45, 2.75) is 25.3 Å². The number of rotatable bonds is 3. The van der Waals surface area contributed by atoms with Gasteiger partial charge in [0.05, 0.1) is 19.8 Å². The Balaban J connectivity index is 1.91. The second kappa shape index (κ2) is 6.15. The Morgan fingerprint density at radius 1 is 1.17 bits per heavy atom. The van der Waals surface area contributed by atoms with Crippen LogP contribution in [0.4, 0.5) is 0 Å². The summed E-state index contributed by atoms with van der Waals surface area (Å²) in [4.78, 5) is 26.9. The molecule has 1 unspecified atom stereocenters. The van der Waals surface area contributed by atoms with E-state index in [1.54, 1.807) is 0 Å². The Morgan fingerprint density at radius 2 is 1.89 bits per heavy atom. The van der Waals surface area contributed by atoms with Gasteiger partial charge in [-0.2, -0.15) is 0 Å². The zero-order valence-corrected chi connectivity index (χ0v) is 10.5. The first-order valence-corrected chi connectivity index (χ1v) is 6.51. The number of hydrogen-bond acceptors (Lipinski definition) is 4. The van der Waals surface area contributed by atoms with Gasteiger partial charge in [-0.3, -0.25) is 9.69 Å². The molecule has 0 aromatic carbocycles. The molecule has 1 atom stereocenters. The van der Waals surface area contributed by atoms with Gasteiger partial charge in [-0.15, -0.1) is 0 Å². The third-order valence-electron chi connectivity index (χ3n) is 3.57. The maximum atomic E-state index is 12.2. The topological polar surface area (TPSA) is 70.1 Å². The summed E-state index contributed by atoms with van der Waals surface area (Å²) in [5.74, 6) is -0.950. The van der Waals surface area contributed by atoms with Crippen LogP contribution in [0.25, 0.3) is 0 Å². The van der Waals surface area contributed by atoms with Crippen molar-refractivity contribution in [3.63, 3.8) is 0 Å². The van der Waals surface area contributed by atoms with Gasteiger partial charge in [-0.05, 0) is 19.3 Å². The number of carboxylic acid groups (broad SMARTS) is 1. The smallest absolute Gasteiger partial charge is 0.326 e. The monoisotopic (exact) mass is 256 g/mol. The van der Waals surface area contributed by atoms with Crippen LogP contribution in [0.5, 0.6) is 0 Å². The molecular weight excluding hydrogens is 236 g/mol. The number of aliphatic carboxylic acids is 1. The van der Waals surface area contributed by atoms with Gasteiger partial charge in [-0.1, -0.05) is 0 Å². The Kier molecular flexibility index (Phi) is 4.54. The van der Waals surface area contributed by atoms with Crippen molar-refractivity contribution in [2.75, 3.05) is 39.4 Å². The lowest BCUT2D eigenvalue weighted by Crippen LogP contribution is -2.52. The summed E-state index contributed by atoms with van der Waals surface area (Å²) in [6, 6.07) is -0.632. The van der Waals surface area contributed by atoms with Gasteiger partial charge in [0, 0.05) is 19.6 Å². The summed E-state index contributed by atoms with van der Waals surface area (Å²) in [6.07, 6.45) is 2.36. The molecule has 0 saturated carbocycles. The molecule has 6 heteroatoms. The lowest BCUT2D eigenvalue weighted by Gasteiger charge is -2.35. The number of carboxylic acids is 1. The molecule has 0 radical (unpaired) electrons. The molecule has 6 nitrogen and oxygen atoms in total. The van der Waals surface area contributed by atoms with Crippen molar-refractivity contribution in [3.05, 3.63) is 0 Å². The minimum Gasteiger partial charge on any atom is -0.480 e. The first-order chi connectivity index (χ1) is 8.68. The zero-order chi connectivity index (χ0) is 13.0. The highest BCUT2D eigenvalue weighted by Crippen LogP contribution is 2.17. The van der Waals surface area contributed by atoms with E-state index >= 15 is 0 Å². The van der Waals surface area contributed by atoms with E-state index in [0.717, 1.165) is 25.9 Å². The van der Waals surface area contributed by atoms with Crippen molar-refractivity contribution in [1.82, 2.24) is 9.80 Å². The van der Waals surface area contributed by atoms with Crippen molar-refractivity contribution in [1.29, 1.82) is 0 Å². The summed E-state index contributed by atoms with van der Waals surface area (Å²) in [7, 11) is 0. The van der Waals surface area contributed by atoms with Crippen LogP contribution in [0, 0.1) is 0 Å². The summed E-state index contributed by atoms with van der Waals surface area (Å²) in [6.45, 7) is 3.67. The van der Waals surface area contributed by atoms with Crippen LogP contribution in [0.2, 0.25) is 0 Å². The number of nitrogens with zero attached hydrogens (tertiary/aromatic N) is 2. The van der Waals surface area contributed by atoms with Gasteiger partial charge in [0.15, 0.2) is 0 Å². The molecule has 18 heavy (non-hydrogen) atoms. The summed E-state index contributed by atoms with van der Waals surface area (Å²) in [5, 5.41) is 9.14. The molecule has 2 aliphatic rings. The average molecular weight is 256 g/mol. The molecule has 0 aromatic heterocycles. The normalized spacial score (nSPS) is 26.0. The van der Waals surface area contributed by atoms with Gasteiger partial charge in [0.2, 0.25) is 5.91 Å². The fourth-order valence-corrected chi connectivity index (χ4v) is 2.53. The van der Waals surface area contributed by atoms with Crippen molar-refractivity contribution in [3.8, 4) is 0 Å². The van der Waals surface area contributed by atoms with Gasteiger partial charge in [0.25, 0.3) is 0 Å². The summed E-state index contributed by atoms with van der Waals surface area (Å²) >= 11 is 0. The number of ether oxygens (including phenoxy) is 1. The fraction of sp³-hybridized carbons (Fsp3) is 0.833. The van der Waals surface area contributed by atoms with Crippen LogP contribution in [-0.4, -0.2) is 72.2 Å². The molecule has 0 aliphatic carbocycles. The highest BCUT2D eigenvalue weighted by Gasteiger charge is 2.32. The first-order valence-electron chi connectivity index (χ1n) is 6.51. The highest BCUT2D eigenvalue weighted by molar-refractivity contribution is 5.85. The highest BCUT2D eigenvalue weighted by atomic mass is 16.5. The molecule has 102 valence electrons. The van der Waals surface area contributed by atoms with Crippen LogP contribution in [-0.2, 0) is 14.3 Å². The van der Waals surface area contributed by atoms with Crippen LogP contribution < -0.4 is 0 Å². The maximum absolute atomic E-state index is 12.2. The molecule has 2 fully saturated rings. The van der Waals surface area contributed by atoms with E-state index in [0.29, 0.717) is 32.7 Å². The summed E-state index contributed by atoms with van der Waals surface area (Å²) in [5.41, 5.74) is 0. The molecule has 2 heterocycles. The first kappa shape index (κ1) is 13.3. The molecule has 2 saturated heterocycles. The number of hydrogen-bond donors (Lipinski definition) is 1. The number of piperidine rings is 1. The SMILES string of the molecule is O=C(O)C1CCCCN1C(=O)CN1CCOCC1. The predicted molar refractivity (Wildman–Crippen MR) is 64.2 cm³/mol. The van der Waals surface area contributed by atoms with Crippen molar-refractivity contribution < 1.29 is 19.4 Å². The van der Waals surface area contributed by atoms with E-state index in [1.807, 2.05) is 4.90 Å². The molecule has 1 N–H and O–H groups in total. The summed E-state index contributed by atoms with van der Waals surface area (Å²) < 4.78 is 5.23. The molecule has 0 aromatic rings. The third kappa shape index (κ3) is 3.20.